The number of aryl methyl sites for hydroxylation is 1. The molecule has 0 spiro atoms. The molecule has 1 amide bonds. The van der Waals surface area contributed by atoms with Crippen LogP contribution in [0, 0.1) is 17.0 Å². The molecule has 0 N–H and O–H groups in total. The van der Waals surface area contributed by atoms with Crippen LogP contribution in [0.4, 0.5) is 5.69 Å². The first kappa shape index (κ1) is 16.7. The molecular weight excluding hydrogens is 292 g/mol. The second-order valence-corrected chi connectivity index (χ2v) is 5.30. The number of benzene rings is 2. The maximum Gasteiger partial charge on any atom is 0.277 e. The van der Waals surface area contributed by atoms with Crippen molar-refractivity contribution >= 4 is 11.6 Å². The lowest BCUT2D eigenvalue weighted by atomic mass is 9.95. The van der Waals surface area contributed by atoms with Gasteiger partial charge in [0.1, 0.15) is 0 Å². The Morgan fingerprint density at radius 3 is 2.35 bits per heavy atom. The van der Waals surface area contributed by atoms with E-state index in [-0.39, 0.29) is 11.6 Å². The van der Waals surface area contributed by atoms with Gasteiger partial charge in [0.05, 0.1) is 10.5 Å². The van der Waals surface area contributed by atoms with Crippen LogP contribution >= 0.6 is 0 Å². The normalized spacial score (nSPS) is 10.4. The summed E-state index contributed by atoms with van der Waals surface area (Å²) in [7, 11) is 0. The van der Waals surface area contributed by atoms with Crippen molar-refractivity contribution in [1.82, 2.24) is 4.90 Å². The molecule has 0 saturated heterocycles. The Hall–Kier alpha value is -2.69. The highest BCUT2D eigenvalue weighted by Gasteiger charge is 2.22. The molecule has 0 aliphatic heterocycles. The van der Waals surface area contributed by atoms with Gasteiger partial charge >= 0.3 is 0 Å². The van der Waals surface area contributed by atoms with Crippen molar-refractivity contribution in [2.45, 2.75) is 20.8 Å². The maximum atomic E-state index is 12.7. The lowest BCUT2D eigenvalue weighted by molar-refractivity contribution is -0.384. The molecule has 120 valence electrons. The van der Waals surface area contributed by atoms with Gasteiger partial charge in [-0.25, -0.2) is 0 Å². The van der Waals surface area contributed by atoms with Crippen molar-refractivity contribution in [3.63, 3.8) is 0 Å². The summed E-state index contributed by atoms with van der Waals surface area (Å²) in [6.45, 7) is 6.93. The van der Waals surface area contributed by atoms with Crippen LogP contribution in [0.1, 0.15) is 29.8 Å². The van der Waals surface area contributed by atoms with Crippen LogP contribution < -0.4 is 0 Å². The summed E-state index contributed by atoms with van der Waals surface area (Å²) in [6.07, 6.45) is 0. The lowest BCUT2D eigenvalue weighted by Crippen LogP contribution is -2.30. The van der Waals surface area contributed by atoms with Gasteiger partial charge < -0.3 is 4.90 Å². The number of hydrogen-bond acceptors (Lipinski definition) is 3. The van der Waals surface area contributed by atoms with Gasteiger partial charge in [-0.2, -0.15) is 0 Å². The van der Waals surface area contributed by atoms with Crippen LogP contribution in [0.3, 0.4) is 0 Å². The van der Waals surface area contributed by atoms with Crippen LogP contribution in [-0.4, -0.2) is 28.8 Å². The monoisotopic (exact) mass is 312 g/mol. The highest BCUT2D eigenvalue weighted by molar-refractivity contribution is 6.02. The highest BCUT2D eigenvalue weighted by Crippen LogP contribution is 2.33. The van der Waals surface area contributed by atoms with E-state index in [9.17, 15) is 14.9 Å². The molecular formula is C18H20N2O3. The van der Waals surface area contributed by atoms with Crippen molar-refractivity contribution in [2.24, 2.45) is 0 Å². The molecule has 0 heterocycles. The van der Waals surface area contributed by atoms with Crippen molar-refractivity contribution in [2.75, 3.05) is 13.1 Å². The van der Waals surface area contributed by atoms with E-state index < -0.39 is 4.92 Å². The minimum absolute atomic E-state index is 0.00620. The summed E-state index contributed by atoms with van der Waals surface area (Å²) >= 11 is 0. The minimum Gasteiger partial charge on any atom is -0.339 e. The number of carbonyl (C=O) groups excluding carboxylic acids is 1. The van der Waals surface area contributed by atoms with E-state index in [4.69, 9.17) is 0 Å². The number of nitro groups is 1. The minimum atomic E-state index is -0.413. The Balaban J connectivity index is 2.66. The molecule has 0 atom stereocenters. The molecule has 0 saturated carbocycles. The smallest absolute Gasteiger partial charge is 0.277 e. The molecule has 5 nitrogen and oxygen atoms in total. The van der Waals surface area contributed by atoms with E-state index in [1.807, 2.05) is 32.9 Å². The predicted molar refractivity (Wildman–Crippen MR) is 90.5 cm³/mol. The zero-order chi connectivity index (χ0) is 17.0. The molecule has 0 fully saturated rings. The molecule has 0 bridgehead atoms. The van der Waals surface area contributed by atoms with E-state index in [0.29, 0.717) is 29.8 Å². The van der Waals surface area contributed by atoms with Crippen molar-refractivity contribution in [3.8, 4) is 11.1 Å². The van der Waals surface area contributed by atoms with Crippen molar-refractivity contribution < 1.29 is 9.72 Å². The van der Waals surface area contributed by atoms with Crippen molar-refractivity contribution in [1.29, 1.82) is 0 Å². The number of para-hydroxylation sites is 1. The molecule has 5 heteroatoms. The summed E-state index contributed by atoms with van der Waals surface area (Å²) in [5, 5.41) is 11.3. The zero-order valence-electron chi connectivity index (χ0n) is 13.6. The summed E-state index contributed by atoms with van der Waals surface area (Å²) in [4.78, 5) is 25.4. The lowest BCUT2D eigenvalue weighted by Gasteiger charge is -2.20. The first-order valence-electron chi connectivity index (χ1n) is 7.63. The number of rotatable bonds is 5. The number of nitrogens with zero attached hydrogens (tertiary/aromatic N) is 2. The van der Waals surface area contributed by atoms with Crippen molar-refractivity contribution in [3.05, 3.63) is 63.7 Å². The van der Waals surface area contributed by atoms with Gasteiger partial charge in [0.15, 0.2) is 0 Å². The number of amides is 1. The fourth-order valence-corrected chi connectivity index (χ4v) is 2.61. The zero-order valence-corrected chi connectivity index (χ0v) is 13.6. The van der Waals surface area contributed by atoms with Gasteiger partial charge in [-0.1, -0.05) is 29.8 Å². The van der Waals surface area contributed by atoms with Gasteiger partial charge in [-0.05, 0) is 32.9 Å². The van der Waals surface area contributed by atoms with Gasteiger partial charge in [-0.15, -0.1) is 0 Å². The Labute approximate surface area is 135 Å². The number of nitro benzene ring substituents is 1. The average Bonchev–Trinajstić information content (AvgIpc) is 2.55. The number of carbonyl (C=O) groups is 1. The third-order valence-electron chi connectivity index (χ3n) is 3.85. The molecule has 2 aromatic rings. The van der Waals surface area contributed by atoms with Gasteiger partial charge in [0.2, 0.25) is 0 Å². The topological polar surface area (TPSA) is 63.5 Å². The molecule has 0 aliphatic rings. The van der Waals surface area contributed by atoms with E-state index in [1.165, 1.54) is 6.07 Å². The first-order chi connectivity index (χ1) is 11.0. The maximum absolute atomic E-state index is 12.7. The van der Waals surface area contributed by atoms with E-state index in [1.54, 1.807) is 29.2 Å². The summed E-state index contributed by atoms with van der Waals surface area (Å²) in [6, 6.07) is 12.0. The highest BCUT2D eigenvalue weighted by atomic mass is 16.6. The Bertz CT molecular complexity index is 737. The summed E-state index contributed by atoms with van der Waals surface area (Å²) in [5.41, 5.74) is 2.53. The summed E-state index contributed by atoms with van der Waals surface area (Å²) in [5.74, 6) is -0.108. The van der Waals surface area contributed by atoms with Crippen LogP contribution in [0.5, 0.6) is 0 Å². The van der Waals surface area contributed by atoms with Gasteiger partial charge in [0.25, 0.3) is 11.6 Å². The fourth-order valence-electron chi connectivity index (χ4n) is 2.61. The molecule has 0 aliphatic carbocycles. The van der Waals surface area contributed by atoms with Crippen LogP contribution in [-0.2, 0) is 0 Å². The predicted octanol–water partition coefficient (Wildman–Crippen LogP) is 4.05. The second-order valence-electron chi connectivity index (χ2n) is 5.30. The molecule has 0 aromatic heterocycles. The molecule has 2 aromatic carbocycles. The molecule has 2 rings (SSSR count). The molecule has 23 heavy (non-hydrogen) atoms. The second kappa shape index (κ2) is 7.05. The van der Waals surface area contributed by atoms with E-state index >= 15 is 0 Å². The largest absolute Gasteiger partial charge is 0.339 e. The first-order valence-corrected chi connectivity index (χ1v) is 7.63. The van der Waals surface area contributed by atoms with Gasteiger partial charge in [0, 0.05) is 30.3 Å². The van der Waals surface area contributed by atoms with Crippen LogP contribution in [0.25, 0.3) is 11.1 Å². The third-order valence-corrected chi connectivity index (χ3v) is 3.85. The Kier molecular flexibility index (Phi) is 5.11. The van der Waals surface area contributed by atoms with Gasteiger partial charge in [-0.3, -0.25) is 14.9 Å². The third kappa shape index (κ3) is 3.39. The quantitative estimate of drug-likeness (QED) is 0.618. The van der Waals surface area contributed by atoms with E-state index in [2.05, 4.69) is 0 Å². The Morgan fingerprint density at radius 1 is 1.09 bits per heavy atom. The standard InChI is InChI=1S/C18H20N2O3/c1-4-19(5-2)18(21)15-11-10-13(3)12-16(15)14-8-6-7-9-17(14)20(22)23/h6-12H,4-5H2,1-3H3. The fraction of sp³-hybridized carbons (Fsp3) is 0.278. The average molecular weight is 312 g/mol. The number of hydrogen-bond donors (Lipinski definition) is 0. The van der Waals surface area contributed by atoms with Crippen LogP contribution in [0.2, 0.25) is 0 Å². The SMILES string of the molecule is CCN(CC)C(=O)c1ccc(C)cc1-c1ccccc1[N+](=O)[O-]. The molecule has 0 radical (unpaired) electrons. The van der Waals surface area contributed by atoms with E-state index in [0.717, 1.165) is 5.56 Å². The van der Waals surface area contributed by atoms with Crippen LogP contribution in [0.15, 0.2) is 42.5 Å². The molecule has 0 unspecified atom stereocenters. The Morgan fingerprint density at radius 2 is 1.74 bits per heavy atom. The summed E-state index contributed by atoms with van der Waals surface area (Å²) < 4.78 is 0.